The van der Waals surface area contributed by atoms with Gasteiger partial charge in [0.2, 0.25) is 10.8 Å². The van der Waals surface area contributed by atoms with Crippen LogP contribution in [0.2, 0.25) is 0 Å². The van der Waals surface area contributed by atoms with Gasteiger partial charge in [0.05, 0.1) is 0 Å². The van der Waals surface area contributed by atoms with Crippen molar-refractivity contribution in [1.82, 2.24) is 0 Å². The molecule has 5 nitrogen and oxygen atoms in total. The lowest BCUT2D eigenvalue weighted by molar-refractivity contribution is -0.290. The molecule has 0 amide bonds. The minimum Gasteiger partial charge on any atom is -0.508 e. The first-order valence-electron chi connectivity index (χ1n) is 15.0. The van der Waals surface area contributed by atoms with Crippen LogP contribution in [0.1, 0.15) is 27.8 Å². The fourth-order valence-electron chi connectivity index (χ4n) is 5.98. The average Bonchev–Trinajstić information content (AvgIpc) is 3.06. The van der Waals surface area contributed by atoms with E-state index >= 15 is 0 Å². The normalized spacial score (nSPS) is 12.9. The van der Waals surface area contributed by atoms with Gasteiger partial charge in [-0.3, -0.25) is 0 Å². The number of hydrogen-bond acceptors (Lipinski definition) is 5. The summed E-state index contributed by atoms with van der Waals surface area (Å²) in [5, 5.41) is 28.8. The number of ether oxygens (including phenoxy) is 2. The fourth-order valence-corrected chi connectivity index (χ4v) is 5.98. The van der Waals surface area contributed by atoms with Crippen LogP contribution in [0.3, 0.4) is 0 Å². The molecule has 0 aliphatic heterocycles. The standard InChI is InChI=1S/C37H21F12NO4/c38-34(39,40)32(35(41,42)43,21-4-12-25(51)13-5-21)23-8-16-27(17-9-23)53-30-2-1-3-31(29(30)20-50)54-28-18-10-24(11-19-28)33(36(44,45)46,37(47,48)49)22-6-14-26(52)15-7-22/h1-19,51-52H. The van der Waals surface area contributed by atoms with E-state index in [1.807, 2.05) is 0 Å². The van der Waals surface area contributed by atoms with Gasteiger partial charge in [0.1, 0.15) is 46.1 Å². The second kappa shape index (κ2) is 13.7. The summed E-state index contributed by atoms with van der Waals surface area (Å²) >= 11 is 0. The first kappa shape index (κ1) is 39.2. The Morgan fingerprint density at radius 3 is 0.907 bits per heavy atom. The summed E-state index contributed by atoms with van der Waals surface area (Å²) in [6, 6.07) is 15.1. The minimum atomic E-state index is -5.92. The smallest absolute Gasteiger partial charge is 0.411 e. The Morgan fingerprint density at radius 1 is 0.407 bits per heavy atom. The molecule has 0 fully saturated rings. The molecule has 0 unspecified atom stereocenters. The van der Waals surface area contributed by atoms with Gasteiger partial charge in [0.25, 0.3) is 0 Å². The second-order valence-electron chi connectivity index (χ2n) is 11.6. The Bertz CT molecular complexity index is 1960. The predicted molar refractivity (Wildman–Crippen MR) is 166 cm³/mol. The van der Waals surface area contributed by atoms with Gasteiger partial charge < -0.3 is 19.7 Å². The predicted octanol–water partition coefficient (Wildman–Crippen LogP) is 11.4. The second-order valence-corrected chi connectivity index (χ2v) is 11.6. The molecule has 5 rings (SSSR count). The summed E-state index contributed by atoms with van der Waals surface area (Å²) in [4.78, 5) is 0. The van der Waals surface area contributed by atoms with E-state index in [9.17, 15) is 68.2 Å². The van der Waals surface area contributed by atoms with E-state index in [1.54, 1.807) is 6.07 Å². The van der Waals surface area contributed by atoms with Crippen molar-refractivity contribution in [2.24, 2.45) is 0 Å². The zero-order valence-corrected chi connectivity index (χ0v) is 26.7. The van der Waals surface area contributed by atoms with Crippen molar-refractivity contribution >= 4 is 0 Å². The molecule has 0 aromatic heterocycles. The summed E-state index contributed by atoms with van der Waals surface area (Å²) in [7, 11) is 0. The van der Waals surface area contributed by atoms with Gasteiger partial charge in [-0.2, -0.15) is 57.9 Å². The molecule has 0 spiro atoms. The highest BCUT2D eigenvalue weighted by atomic mass is 19.4. The Hall–Kier alpha value is -6.05. The Labute approximate surface area is 296 Å². The van der Waals surface area contributed by atoms with E-state index in [2.05, 4.69) is 0 Å². The largest absolute Gasteiger partial charge is 0.508 e. The zero-order valence-electron chi connectivity index (χ0n) is 26.7. The van der Waals surface area contributed by atoms with E-state index in [0.717, 1.165) is 24.3 Å². The summed E-state index contributed by atoms with van der Waals surface area (Å²) in [6.07, 6.45) is -23.7. The molecule has 0 aliphatic carbocycles. The van der Waals surface area contributed by atoms with Crippen molar-refractivity contribution in [3.63, 3.8) is 0 Å². The SMILES string of the molecule is N#Cc1c(Oc2ccc(C(c3ccc(O)cc3)(C(F)(F)F)C(F)(F)F)cc2)cccc1Oc1ccc(C(c2ccc(O)cc2)(C(F)(F)F)C(F)(F)F)cc1. The van der Waals surface area contributed by atoms with Gasteiger partial charge in [0, 0.05) is 0 Å². The third-order valence-corrected chi connectivity index (χ3v) is 8.43. The number of aromatic hydroxyl groups is 2. The van der Waals surface area contributed by atoms with Crippen LogP contribution in [0.4, 0.5) is 52.7 Å². The molecule has 5 aromatic rings. The molecule has 282 valence electrons. The molecule has 0 bridgehead atoms. The lowest BCUT2D eigenvalue weighted by Crippen LogP contribution is -2.54. The molecule has 54 heavy (non-hydrogen) atoms. The monoisotopic (exact) mass is 771 g/mol. The number of halogens is 12. The van der Waals surface area contributed by atoms with Crippen LogP contribution in [0.5, 0.6) is 34.5 Å². The van der Waals surface area contributed by atoms with E-state index in [-0.39, 0.29) is 23.0 Å². The van der Waals surface area contributed by atoms with Gasteiger partial charge >= 0.3 is 24.7 Å². The molecule has 0 saturated carbocycles. The molecule has 0 radical (unpaired) electrons. The maximum Gasteiger partial charge on any atom is 0.411 e. The first-order chi connectivity index (χ1) is 25.1. The van der Waals surface area contributed by atoms with Crippen molar-refractivity contribution in [2.45, 2.75) is 35.5 Å². The van der Waals surface area contributed by atoms with Crippen molar-refractivity contribution in [3.8, 4) is 40.6 Å². The van der Waals surface area contributed by atoms with Crippen molar-refractivity contribution in [2.75, 3.05) is 0 Å². The molecular weight excluding hydrogens is 750 g/mol. The van der Waals surface area contributed by atoms with Gasteiger partial charge in [-0.1, -0.05) is 54.6 Å². The summed E-state index contributed by atoms with van der Waals surface area (Å²) in [6.45, 7) is 0. The number of nitriles is 1. The summed E-state index contributed by atoms with van der Waals surface area (Å²) in [5.41, 5.74) is -14.5. The third kappa shape index (κ3) is 6.67. The third-order valence-electron chi connectivity index (χ3n) is 8.43. The molecule has 17 heteroatoms. The Morgan fingerprint density at radius 2 is 0.667 bits per heavy atom. The zero-order chi connectivity index (χ0) is 39.9. The molecular formula is C37H21F12NO4. The van der Waals surface area contributed by atoms with Gasteiger partial charge in [0.15, 0.2) is 0 Å². The Kier molecular flexibility index (Phi) is 9.96. The summed E-state index contributed by atoms with van der Waals surface area (Å²) in [5.74, 6) is -2.51. The molecule has 5 aromatic carbocycles. The van der Waals surface area contributed by atoms with Crippen LogP contribution in [0.25, 0.3) is 0 Å². The number of phenolic OH excluding ortho intramolecular Hbond substituents is 2. The Balaban J connectivity index is 1.47. The van der Waals surface area contributed by atoms with Gasteiger partial charge in [-0.25, -0.2) is 0 Å². The highest BCUT2D eigenvalue weighted by Crippen LogP contribution is 2.58. The molecule has 0 saturated heterocycles. The maximum atomic E-state index is 14.4. The minimum absolute atomic E-state index is 0.337. The van der Waals surface area contributed by atoms with Crippen LogP contribution in [0.15, 0.2) is 115 Å². The summed E-state index contributed by atoms with van der Waals surface area (Å²) < 4.78 is 184. The van der Waals surface area contributed by atoms with Crippen LogP contribution < -0.4 is 9.47 Å². The molecule has 0 heterocycles. The van der Waals surface area contributed by atoms with Crippen LogP contribution in [-0.2, 0) is 10.8 Å². The average molecular weight is 772 g/mol. The number of phenols is 2. The van der Waals surface area contributed by atoms with Gasteiger partial charge in [-0.05, 0) is 82.9 Å². The van der Waals surface area contributed by atoms with Crippen molar-refractivity contribution < 1.29 is 72.4 Å². The van der Waals surface area contributed by atoms with Crippen LogP contribution in [0, 0.1) is 11.3 Å². The van der Waals surface area contributed by atoms with Crippen LogP contribution >= 0.6 is 0 Å². The number of benzene rings is 5. The van der Waals surface area contributed by atoms with Crippen LogP contribution in [-0.4, -0.2) is 34.9 Å². The lowest BCUT2D eigenvalue weighted by Gasteiger charge is -2.38. The molecule has 0 atom stereocenters. The molecule has 0 aliphatic rings. The highest BCUT2D eigenvalue weighted by Gasteiger charge is 2.73. The van der Waals surface area contributed by atoms with Gasteiger partial charge in [-0.15, -0.1) is 0 Å². The van der Waals surface area contributed by atoms with E-state index in [0.29, 0.717) is 72.8 Å². The number of rotatable bonds is 8. The number of alkyl halides is 12. The maximum absolute atomic E-state index is 14.4. The fraction of sp³-hybridized carbons (Fsp3) is 0.162. The van der Waals surface area contributed by atoms with E-state index in [4.69, 9.17) is 9.47 Å². The van der Waals surface area contributed by atoms with Crippen molar-refractivity contribution in [3.05, 3.63) is 143 Å². The first-order valence-corrected chi connectivity index (χ1v) is 15.0. The quantitative estimate of drug-likeness (QED) is 0.154. The number of nitrogens with zero attached hydrogens (tertiary/aromatic N) is 1. The van der Waals surface area contributed by atoms with E-state index in [1.165, 1.54) is 18.2 Å². The topological polar surface area (TPSA) is 82.7 Å². The highest BCUT2D eigenvalue weighted by molar-refractivity contribution is 5.56. The lowest BCUT2D eigenvalue weighted by atomic mass is 9.73. The molecule has 2 N–H and O–H groups in total. The number of hydrogen-bond donors (Lipinski definition) is 2. The van der Waals surface area contributed by atoms with Crippen molar-refractivity contribution in [1.29, 1.82) is 5.26 Å². The van der Waals surface area contributed by atoms with E-state index < -0.39 is 74.9 Å².